The summed E-state index contributed by atoms with van der Waals surface area (Å²) in [5, 5.41) is 0. The standard InChI is InChI=1S/C19H25N3O2/c1-20-12-17(23)22(16-8-3-2-4-9-16)14-19(20)10-11-21(13-19)18(24)15-6-5-7-15/h2-4,8-9,15H,5-7,10-14H2,1H3/t19-/m0/s1. The first-order valence-corrected chi connectivity index (χ1v) is 8.94. The fraction of sp³-hybridized carbons (Fsp3) is 0.579. The van der Waals surface area contributed by atoms with E-state index in [1.807, 2.05) is 47.2 Å². The van der Waals surface area contributed by atoms with Crippen LogP contribution in [0, 0.1) is 5.92 Å². The summed E-state index contributed by atoms with van der Waals surface area (Å²) in [6.07, 6.45) is 4.23. The molecule has 24 heavy (non-hydrogen) atoms. The second kappa shape index (κ2) is 5.88. The molecule has 128 valence electrons. The van der Waals surface area contributed by atoms with Crippen LogP contribution in [0.15, 0.2) is 30.3 Å². The molecule has 2 saturated heterocycles. The fourth-order valence-corrected chi connectivity index (χ4v) is 4.20. The van der Waals surface area contributed by atoms with Crippen molar-refractivity contribution >= 4 is 17.5 Å². The maximum atomic E-state index is 12.6. The number of benzene rings is 1. The normalized spacial score (nSPS) is 28.5. The highest BCUT2D eigenvalue weighted by molar-refractivity contribution is 5.96. The minimum Gasteiger partial charge on any atom is -0.340 e. The molecular weight excluding hydrogens is 302 g/mol. The molecule has 2 heterocycles. The maximum absolute atomic E-state index is 12.6. The molecule has 0 aromatic heterocycles. The zero-order chi connectivity index (χ0) is 16.7. The van der Waals surface area contributed by atoms with E-state index in [4.69, 9.17) is 0 Å². The van der Waals surface area contributed by atoms with E-state index in [-0.39, 0.29) is 17.4 Å². The molecule has 5 heteroatoms. The van der Waals surface area contributed by atoms with Crippen LogP contribution in [-0.4, -0.2) is 60.4 Å². The Labute approximate surface area is 143 Å². The number of likely N-dealkylation sites (tertiary alicyclic amines) is 1. The van der Waals surface area contributed by atoms with E-state index >= 15 is 0 Å². The minimum absolute atomic E-state index is 0.108. The number of amides is 2. The van der Waals surface area contributed by atoms with Crippen molar-refractivity contribution in [3.05, 3.63) is 30.3 Å². The van der Waals surface area contributed by atoms with Crippen molar-refractivity contribution in [3.63, 3.8) is 0 Å². The third-order valence-corrected chi connectivity index (χ3v) is 6.10. The van der Waals surface area contributed by atoms with Crippen LogP contribution in [0.4, 0.5) is 5.69 Å². The average Bonchev–Trinajstić information content (AvgIpc) is 2.96. The van der Waals surface area contributed by atoms with Crippen LogP contribution >= 0.6 is 0 Å². The lowest BCUT2D eigenvalue weighted by atomic mass is 9.84. The van der Waals surface area contributed by atoms with Crippen LogP contribution in [0.1, 0.15) is 25.7 Å². The van der Waals surface area contributed by atoms with Gasteiger partial charge in [-0.1, -0.05) is 24.6 Å². The van der Waals surface area contributed by atoms with Crippen molar-refractivity contribution in [2.45, 2.75) is 31.2 Å². The highest BCUT2D eigenvalue weighted by atomic mass is 16.2. The molecule has 3 fully saturated rings. The lowest BCUT2D eigenvalue weighted by Crippen LogP contribution is -2.64. The summed E-state index contributed by atoms with van der Waals surface area (Å²) >= 11 is 0. The first-order valence-electron chi connectivity index (χ1n) is 8.94. The summed E-state index contributed by atoms with van der Waals surface area (Å²) in [6.45, 7) is 2.65. The van der Waals surface area contributed by atoms with E-state index in [9.17, 15) is 9.59 Å². The summed E-state index contributed by atoms with van der Waals surface area (Å²) in [5.41, 5.74) is 0.849. The van der Waals surface area contributed by atoms with Gasteiger partial charge in [-0.25, -0.2) is 0 Å². The van der Waals surface area contributed by atoms with Gasteiger partial charge in [-0.15, -0.1) is 0 Å². The summed E-state index contributed by atoms with van der Waals surface area (Å²) in [5.74, 6) is 0.716. The van der Waals surface area contributed by atoms with Gasteiger partial charge in [0.05, 0.1) is 12.1 Å². The molecule has 0 radical (unpaired) electrons. The Kier molecular flexibility index (Phi) is 3.83. The first-order chi connectivity index (χ1) is 11.6. The third kappa shape index (κ3) is 2.51. The molecule has 2 amide bonds. The second-order valence-electron chi connectivity index (χ2n) is 7.53. The highest BCUT2D eigenvalue weighted by Gasteiger charge is 2.49. The number of likely N-dealkylation sites (N-methyl/N-ethyl adjacent to an activating group) is 1. The van der Waals surface area contributed by atoms with Gasteiger partial charge in [-0.05, 0) is 38.4 Å². The summed E-state index contributed by atoms with van der Waals surface area (Å²) in [6, 6.07) is 9.88. The molecule has 2 aliphatic heterocycles. The maximum Gasteiger partial charge on any atom is 0.241 e. The van der Waals surface area contributed by atoms with Crippen molar-refractivity contribution in [3.8, 4) is 0 Å². The number of anilines is 1. The molecule has 0 unspecified atom stereocenters. The van der Waals surface area contributed by atoms with Gasteiger partial charge >= 0.3 is 0 Å². The van der Waals surface area contributed by atoms with Crippen molar-refractivity contribution < 1.29 is 9.59 Å². The largest absolute Gasteiger partial charge is 0.340 e. The number of hydrogen-bond donors (Lipinski definition) is 0. The van der Waals surface area contributed by atoms with Crippen LogP contribution in [0.5, 0.6) is 0 Å². The molecule has 4 rings (SSSR count). The Balaban J connectivity index is 1.53. The number of rotatable bonds is 2. The molecule has 1 saturated carbocycles. The lowest BCUT2D eigenvalue weighted by Gasteiger charge is -2.47. The number of carbonyl (C=O) groups is 2. The van der Waals surface area contributed by atoms with Crippen LogP contribution in [0.2, 0.25) is 0 Å². The van der Waals surface area contributed by atoms with Crippen LogP contribution in [0.25, 0.3) is 0 Å². The highest BCUT2D eigenvalue weighted by Crippen LogP contribution is 2.36. The predicted octanol–water partition coefficient (Wildman–Crippen LogP) is 1.74. The molecular formula is C19H25N3O2. The molecule has 1 spiro atoms. The summed E-state index contributed by atoms with van der Waals surface area (Å²) < 4.78 is 0. The first kappa shape index (κ1) is 15.6. The second-order valence-corrected chi connectivity index (χ2v) is 7.53. The Hall–Kier alpha value is -1.88. The molecule has 0 N–H and O–H groups in total. The van der Waals surface area contributed by atoms with Gasteiger partial charge in [-0.3, -0.25) is 14.5 Å². The zero-order valence-electron chi connectivity index (χ0n) is 14.3. The monoisotopic (exact) mass is 327 g/mol. The van der Waals surface area contributed by atoms with E-state index in [1.165, 1.54) is 6.42 Å². The quantitative estimate of drug-likeness (QED) is 0.831. The van der Waals surface area contributed by atoms with E-state index in [0.29, 0.717) is 19.0 Å². The van der Waals surface area contributed by atoms with E-state index in [2.05, 4.69) is 4.90 Å². The Morgan fingerprint density at radius 2 is 1.92 bits per heavy atom. The SMILES string of the molecule is CN1CC(=O)N(c2ccccc2)C[C@@]12CCN(C(=O)C1CCC1)C2. The van der Waals surface area contributed by atoms with Gasteiger partial charge < -0.3 is 9.80 Å². The molecule has 0 bridgehead atoms. The fourth-order valence-electron chi connectivity index (χ4n) is 4.20. The van der Waals surface area contributed by atoms with Gasteiger partial charge in [0, 0.05) is 31.2 Å². The lowest BCUT2D eigenvalue weighted by molar-refractivity contribution is -0.137. The van der Waals surface area contributed by atoms with Gasteiger partial charge in [0.15, 0.2) is 0 Å². The van der Waals surface area contributed by atoms with E-state index in [0.717, 1.165) is 38.0 Å². The Morgan fingerprint density at radius 3 is 2.58 bits per heavy atom. The van der Waals surface area contributed by atoms with Gasteiger partial charge in [-0.2, -0.15) is 0 Å². The topological polar surface area (TPSA) is 43.9 Å². The van der Waals surface area contributed by atoms with Gasteiger partial charge in [0.25, 0.3) is 0 Å². The molecule has 1 aromatic carbocycles. The Morgan fingerprint density at radius 1 is 1.17 bits per heavy atom. The molecule has 1 aliphatic carbocycles. The number of hydrogen-bond acceptors (Lipinski definition) is 3. The van der Waals surface area contributed by atoms with Crippen molar-refractivity contribution in [2.75, 3.05) is 38.1 Å². The molecule has 5 nitrogen and oxygen atoms in total. The van der Waals surface area contributed by atoms with Gasteiger partial charge in [0.1, 0.15) is 0 Å². The van der Waals surface area contributed by atoms with Crippen LogP contribution < -0.4 is 4.90 Å². The van der Waals surface area contributed by atoms with E-state index in [1.54, 1.807) is 0 Å². The number of nitrogens with zero attached hydrogens (tertiary/aromatic N) is 3. The van der Waals surface area contributed by atoms with Crippen molar-refractivity contribution in [1.29, 1.82) is 0 Å². The summed E-state index contributed by atoms with van der Waals surface area (Å²) in [7, 11) is 2.03. The molecule has 1 aromatic rings. The Bertz CT molecular complexity index is 643. The number of para-hydroxylation sites is 1. The third-order valence-electron chi connectivity index (χ3n) is 6.10. The minimum atomic E-state index is -0.108. The zero-order valence-corrected chi connectivity index (χ0v) is 14.3. The van der Waals surface area contributed by atoms with E-state index < -0.39 is 0 Å². The number of piperazine rings is 1. The molecule has 3 aliphatic rings. The number of carbonyl (C=O) groups excluding carboxylic acids is 2. The van der Waals surface area contributed by atoms with Gasteiger partial charge in [0.2, 0.25) is 11.8 Å². The summed E-state index contributed by atoms with van der Waals surface area (Å²) in [4.78, 5) is 31.2. The van der Waals surface area contributed by atoms with Crippen LogP contribution in [0.3, 0.4) is 0 Å². The van der Waals surface area contributed by atoms with Crippen molar-refractivity contribution in [2.24, 2.45) is 5.92 Å². The average molecular weight is 327 g/mol. The smallest absolute Gasteiger partial charge is 0.241 e. The van der Waals surface area contributed by atoms with Crippen molar-refractivity contribution in [1.82, 2.24) is 9.80 Å². The molecule has 1 atom stereocenters. The predicted molar refractivity (Wildman–Crippen MR) is 92.7 cm³/mol. The van der Waals surface area contributed by atoms with Crippen LogP contribution in [-0.2, 0) is 9.59 Å².